The maximum Gasteiger partial charge on any atom is 0.410 e. The molecule has 2 atom stereocenters. The summed E-state index contributed by atoms with van der Waals surface area (Å²) in [6.07, 6.45) is -1.19. The van der Waals surface area contributed by atoms with Gasteiger partial charge in [-0.25, -0.2) is 13.2 Å². The van der Waals surface area contributed by atoms with Gasteiger partial charge in [-0.05, 0) is 27.3 Å². The lowest BCUT2D eigenvalue weighted by Gasteiger charge is -2.47. The Bertz CT molecular complexity index is 522. The van der Waals surface area contributed by atoms with E-state index in [0.29, 0.717) is 19.6 Å². The summed E-state index contributed by atoms with van der Waals surface area (Å²) in [4.78, 5) is 15.5. The van der Waals surface area contributed by atoms with Crippen molar-refractivity contribution in [2.24, 2.45) is 0 Å². The first-order valence-electron chi connectivity index (χ1n) is 7.64. The molecule has 1 N–H and O–H groups in total. The quantitative estimate of drug-likeness (QED) is 0.787. The third kappa shape index (κ3) is 3.91. The van der Waals surface area contributed by atoms with E-state index >= 15 is 0 Å². The smallest absolute Gasteiger partial charge is 0.410 e. The highest BCUT2D eigenvalue weighted by molar-refractivity contribution is 7.91. The molecule has 0 bridgehead atoms. The van der Waals surface area contributed by atoms with Crippen LogP contribution in [0.5, 0.6) is 0 Å². The van der Waals surface area contributed by atoms with Gasteiger partial charge in [0.2, 0.25) is 0 Å². The van der Waals surface area contributed by atoms with Crippen LogP contribution in [0.25, 0.3) is 0 Å². The van der Waals surface area contributed by atoms with Crippen LogP contribution < -0.4 is 0 Å². The lowest BCUT2D eigenvalue weighted by Crippen LogP contribution is -2.65. The van der Waals surface area contributed by atoms with Gasteiger partial charge in [-0.15, -0.1) is 0 Å². The Balaban J connectivity index is 1.92. The SMILES string of the molecule is CCN(C1CN(C(=O)OC(C)(C)C)C1)[C@@H]1CS(=O)(=O)C[C@H]1O. The molecule has 0 saturated carbocycles. The summed E-state index contributed by atoms with van der Waals surface area (Å²) in [6, 6.07) is -0.300. The van der Waals surface area contributed by atoms with Crippen LogP contribution in [-0.2, 0) is 14.6 Å². The number of hydrogen-bond acceptors (Lipinski definition) is 6. The topological polar surface area (TPSA) is 87.2 Å². The van der Waals surface area contributed by atoms with Gasteiger partial charge >= 0.3 is 6.09 Å². The number of hydrogen-bond donors (Lipinski definition) is 1. The van der Waals surface area contributed by atoms with Gasteiger partial charge in [-0.1, -0.05) is 6.92 Å². The summed E-state index contributed by atoms with van der Waals surface area (Å²) >= 11 is 0. The zero-order chi connectivity index (χ0) is 16.7. The number of carbonyl (C=O) groups excluding carboxylic acids is 1. The number of likely N-dealkylation sites (N-methyl/N-ethyl adjacent to an activating group) is 1. The Kier molecular flexibility index (Phi) is 4.75. The minimum Gasteiger partial charge on any atom is -0.444 e. The van der Waals surface area contributed by atoms with E-state index in [2.05, 4.69) is 0 Å². The van der Waals surface area contributed by atoms with Crippen LogP contribution in [0.2, 0.25) is 0 Å². The molecule has 0 aromatic rings. The number of amides is 1. The molecule has 0 radical (unpaired) electrons. The third-order valence-electron chi connectivity index (χ3n) is 4.07. The molecule has 2 aliphatic heterocycles. The zero-order valence-corrected chi connectivity index (χ0v) is 14.5. The van der Waals surface area contributed by atoms with E-state index in [4.69, 9.17) is 4.74 Å². The average molecular weight is 334 g/mol. The number of sulfone groups is 1. The summed E-state index contributed by atoms with van der Waals surface area (Å²) in [6.45, 7) is 9.05. The molecule has 8 heteroatoms. The van der Waals surface area contributed by atoms with Gasteiger partial charge in [0.25, 0.3) is 0 Å². The maximum atomic E-state index is 11.9. The molecule has 2 saturated heterocycles. The summed E-state index contributed by atoms with van der Waals surface area (Å²) in [5.41, 5.74) is -0.525. The van der Waals surface area contributed by atoms with E-state index in [-0.39, 0.29) is 29.7 Å². The summed E-state index contributed by atoms with van der Waals surface area (Å²) in [7, 11) is -3.17. The zero-order valence-electron chi connectivity index (χ0n) is 13.7. The van der Waals surface area contributed by atoms with Crippen molar-refractivity contribution in [3.8, 4) is 0 Å². The predicted octanol–water partition coefficient (Wildman–Crippen LogP) is 0.0855. The fraction of sp³-hybridized carbons (Fsp3) is 0.929. The molecular weight excluding hydrogens is 308 g/mol. The van der Waals surface area contributed by atoms with Crippen molar-refractivity contribution in [1.29, 1.82) is 0 Å². The Hall–Kier alpha value is -0.860. The predicted molar refractivity (Wildman–Crippen MR) is 82.4 cm³/mol. The second-order valence-corrected chi connectivity index (χ2v) is 9.24. The number of nitrogens with zero attached hydrogens (tertiary/aromatic N) is 2. The van der Waals surface area contributed by atoms with Gasteiger partial charge < -0.3 is 14.7 Å². The van der Waals surface area contributed by atoms with Crippen LogP contribution in [0, 0.1) is 0 Å². The third-order valence-corrected chi connectivity index (χ3v) is 5.77. The second-order valence-electron chi connectivity index (χ2n) is 7.08. The average Bonchev–Trinajstić information content (AvgIpc) is 2.53. The minimum atomic E-state index is -3.17. The fourth-order valence-electron chi connectivity index (χ4n) is 3.03. The molecule has 2 aliphatic rings. The van der Waals surface area contributed by atoms with Crippen LogP contribution in [-0.4, -0.2) is 84.3 Å². The van der Waals surface area contributed by atoms with Crippen molar-refractivity contribution in [1.82, 2.24) is 9.80 Å². The second kappa shape index (κ2) is 5.98. The summed E-state index contributed by atoms with van der Waals surface area (Å²) < 4.78 is 28.6. The Labute approximate surface area is 132 Å². The normalized spacial score (nSPS) is 28.7. The molecule has 128 valence electrons. The Morgan fingerprint density at radius 3 is 2.32 bits per heavy atom. The lowest BCUT2D eigenvalue weighted by atomic mass is 10.0. The number of aliphatic hydroxyl groups is 1. The summed E-state index contributed by atoms with van der Waals surface area (Å²) in [5, 5.41) is 10.00. The molecule has 0 aromatic heterocycles. The van der Waals surface area contributed by atoms with Crippen LogP contribution in [0.4, 0.5) is 4.79 Å². The van der Waals surface area contributed by atoms with Gasteiger partial charge in [0.15, 0.2) is 9.84 Å². The van der Waals surface area contributed by atoms with Crippen LogP contribution in [0.3, 0.4) is 0 Å². The highest BCUT2D eigenvalue weighted by Crippen LogP contribution is 2.25. The van der Waals surface area contributed by atoms with Gasteiger partial charge in [-0.2, -0.15) is 0 Å². The number of carbonyl (C=O) groups is 1. The Morgan fingerprint density at radius 2 is 1.91 bits per heavy atom. The number of rotatable bonds is 3. The van der Waals surface area contributed by atoms with Crippen molar-refractivity contribution in [2.45, 2.75) is 51.5 Å². The van der Waals surface area contributed by atoms with E-state index in [0.717, 1.165) is 0 Å². The van der Waals surface area contributed by atoms with E-state index in [1.807, 2.05) is 32.6 Å². The highest BCUT2D eigenvalue weighted by Gasteiger charge is 2.45. The van der Waals surface area contributed by atoms with Crippen molar-refractivity contribution in [2.75, 3.05) is 31.1 Å². The molecule has 0 aromatic carbocycles. The maximum absolute atomic E-state index is 11.9. The molecule has 2 rings (SSSR count). The van der Waals surface area contributed by atoms with Gasteiger partial charge in [0, 0.05) is 19.1 Å². The van der Waals surface area contributed by atoms with E-state index < -0.39 is 21.5 Å². The molecule has 2 fully saturated rings. The molecule has 1 amide bonds. The van der Waals surface area contributed by atoms with Crippen LogP contribution in [0.1, 0.15) is 27.7 Å². The van der Waals surface area contributed by atoms with Crippen molar-refractivity contribution in [3.05, 3.63) is 0 Å². The van der Waals surface area contributed by atoms with E-state index in [1.54, 1.807) is 4.90 Å². The summed E-state index contributed by atoms with van der Waals surface area (Å²) in [5.74, 6) is -0.179. The standard InChI is InChI=1S/C14H26N2O5S/c1-5-16(11-8-22(19,20)9-12(11)17)10-6-15(7-10)13(18)21-14(2,3)4/h10-12,17H,5-9H2,1-4H3/t11-,12-/m1/s1. The first kappa shape index (κ1) is 17.5. The van der Waals surface area contributed by atoms with E-state index in [1.165, 1.54) is 0 Å². The number of likely N-dealkylation sites (tertiary alicyclic amines) is 1. The van der Waals surface area contributed by atoms with E-state index in [9.17, 15) is 18.3 Å². The van der Waals surface area contributed by atoms with Gasteiger partial charge in [-0.3, -0.25) is 4.90 Å². The molecule has 0 spiro atoms. The minimum absolute atomic E-state index is 0.00898. The molecule has 2 heterocycles. The van der Waals surface area contributed by atoms with Crippen molar-refractivity contribution < 1.29 is 23.1 Å². The van der Waals surface area contributed by atoms with Gasteiger partial charge in [0.1, 0.15) is 5.60 Å². The van der Waals surface area contributed by atoms with Crippen molar-refractivity contribution in [3.63, 3.8) is 0 Å². The number of ether oxygens (including phenoxy) is 1. The molecule has 7 nitrogen and oxygen atoms in total. The first-order valence-corrected chi connectivity index (χ1v) is 9.46. The van der Waals surface area contributed by atoms with Crippen LogP contribution >= 0.6 is 0 Å². The fourth-order valence-corrected chi connectivity index (χ4v) is 4.84. The van der Waals surface area contributed by atoms with Crippen molar-refractivity contribution >= 4 is 15.9 Å². The largest absolute Gasteiger partial charge is 0.444 e. The molecule has 0 aliphatic carbocycles. The van der Waals surface area contributed by atoms with Crippen LogP contribution in [0.15, 0.2) is 0 Å². The molecular formula is C14H26N2O5S. The van der Waals surface area contributed by atoms with Gasteiger partial charge in [0.05, 0.1) is 23.7 Å². The lowest BCUT2D eigenvalue weighted by molar-refractivity contribution is -0.0336. The highest BCUT2D eigenvalue weighted by atomic mass is 32.2. The molecule has 22 heavy (non-hydrogen) atoms. The first-order chi connectivity index (χ1) is 10.0. The monoisotopic (exact) mass is 334 g/mol. The molecule has 0 unspecified atom stereocenters. The number of aliphatic hydroxyl groups excluding tert-OH is 1. The Morgan fingerprint density at radius 1 is 1.32 bits per heavy atom.